The van der Waals surface area contributed by atoms with Gasteiger partial charge in [-0.25, -0.2) is 9.97 Å². The summed E-state index contributed by atoms with van der Waals surface area (Å²) >= 11 is 6.87. The lowest BCUT2D eigenvalue weighted by Crippen LogP contribution is -2.42. The largest absolute Gasteiger partial charge is 0.325 e. The Morgan fingerprint density at radius 2 is 1.92 bits per heavy atom. The molecular formula is C20H23ClN4. The minimum Gasteiger partial charge on any atom is -0.325 e. The Morgan fingerprint density at radius 1 is 1.12 bits per heavy atom. The molecular weight excluding hydrogens is 332 g/mol. The Hall–Kier alpha value is -1.65. The third-order valence-electron chi connectivity index (χ3n) is 6.30. The number of aryl methyl sites for hydroxylation is 1. The molecule has 4 nitrogen and oxygen atoms in total. The van der Waals surface area contributed by atoms with Gasteiger partial charge in [0.1, 0.15) is 12.1 Å². The first-order chi connectivity index (χ1) is 12.1. The number of rotatable bonds is 1. The van der Waals surface area contributed by atoms with E-state index in [1.165, 1.54) is 24.1 Å². The van der Waals surface area contributed by atoms with E-state index < -0.39 is 0 Å². The highest BCUT2D eigenvalue weighted by atomic mass is 35.5. The zero-order valence-corrected chi connectivity index (χ0v) is 15.3. The summed E-state index contributed by atoms with van der Waals surface area (Å²) in [7, 11) is 0. The molecule has 0 saturated carbocycles. The molecule has 1 atom stereocenters. The topological polar surface area (TPSA) is 41.1 Å². The maximum atomic E-state index is 6.87. The molecule has 1 aromatic carbocycles. The molecule has 130 valence electrons. The van der Waals surface area contributed by atoms with Crippen LogP contribution in [-0.2, 0) is 16.7 Å². The normalized spacial score (nSPS) is 26.7. The van der Waals surface area contributed by atoms with Crippen molar-refractivity contribution in [1.29, 1.82) is 0 Å². The summed E-state index contributed by atoms with van der Waals surface area (Å²) in [5.41, 5.74) is 5.24. The zero-order valence-electron chi connectivity index (χ0n) is 14.6. The molecule has 2 aliphatic heterocycles. The summed E-state index contributed by atoms with van der Waals surface area (Å²) < 4.78 is 0. The van der Waals surface area contributed by atoms with Crippen molar-refractivity contribution in [3.05, 3.63) is 47.4 Å². The Kier molecular flexibility index (Phi) is 3.38. The van der Waals surface area contributed by atoms with Crippen LogP contribution in [0.1, 0.15) is 43.0 Å². The predicted octanol–water partition coefficient (Wildman–Crippen LogP) is 3.65. The van der Waals surface area contributed by atoms with Crippen molar-refractivity contribution in [2.45, 2.75) is 42.9 Å². The number of alkyl halides is 1. The van der Waals surface area contributed by atoms with Gasteiger partial charge in [0.25, 0.3) is 0 Å². The van der Waals surface area contributed by atoms with Crippen LogP contribution >= 0.6 is 11.6 Å². The van der Waals surface area contributed by atoms with E-state index in [0.29, 0.717) is 0 Å². The summed E-state index contributed by atoms with van der Waals surface area (Å²) in [4.78, 5) is 11.3. The number of aromatic nitrogens is 2. The Balaban J connectivity index is 1.67. The SMILES string of the molecule is CC1(Cl)CCc2ncnc(N3CC4(CCNCC4)c4ccccc43)c21. The van der Waals surface area contributed by atoms with Crippen molar-refractivity contribution < 1.29 is 0 Å². The van der Waals surface area contributed by atoms with Gasteiger partial charge in [-0.1, -0.05) is 18.2 Å². The molecule has 3 heterocycles. The van der Waals surface area contributed by atoms with E-state index in [4.69, 9.17) is 16.6 Å². The van der Waals surface area contributed by atoms with Crippen molar-refractivity contribution in [1.82, 2.24) is 15.3 Å². The van der Waals surface area contributed by atoms with Gasteiger partial charge < -0.3 is 10.2 Å². The maximum Gasteiger partial charge on any atom is 0.141 e. The van der Waals surface area contributed by atoms with Gasteiger partial charge in [-0.2, -0.15) is 0 Å². The van der Waals surface area contributed by atoms with E-state index in [1.54, 1.807) is 6.33 Å². The van der Waals surface area contributed by atoms with Crippen LogP contribution in [0.5, 0.6) is 0 Å². The van der Waals surface area contributed by atoms with Gasteiger partial charge in [0.05, 0.1) is 10.6 Å². The van der Waals surface area contributed by atoms with E-state index in [9.17, 15) is 0 Å². The van der Waals surface area contributed by atoms with Crippen molar-refractivity contribution in [3.8, 4) is 0 Å². The van der Waals surface area contributed by atoms with Crippen LogP contribution in [0.15, 0.2) is 30.6 Å². The first-order valence-corrected chi connectivity index (χ1v) is 9.60. The first kappa shape index (κ1) is 15.6. The average molecular weight is 355 g/mol. The molecule has 0 amide bonds. The Labute approximate surface area is 153 Å². The lowest BCUT2D eigenvalue weighted by atomic mass is 9.75. The summed E-state index contributed by atoms with van der Waals surface area (Å²) in [6.07, 6.45) is 5.93. The predicted molar refractivity (Wildman–Crippen MR) is 101 cm³/mol. The van der Waals surface area contributed by atoms with Crippen molar-refractivity contribution in [2.24, 2.45) is 0 Å². The molecule has 1 aromatic heterocycles. The maximum absolute atomic E-state index is 6.87. The molecule has 0 radical (unpaired) electrons. The minimum absolute atomic E-state index is 0.223. The molecule has 1 unspecified atom stereocenters. The van der Waals surface area contributed by atoms with Gasteiger partial charge in [-0.05, 0) is 57.3 Å². The Bertz CT molecular complexity index is 826. The average Bonchev–Trinajstić information content (AvgIpc) is 3.12. The van der Waals surface area contributed by atoms with E-state index in [2.05, 4.69) is 46.4 Å². The number of nitrogens with one attached hydrogen (secondary N) is 1. The summed E-state index contributed by atoms with van der Waals surface area (Å²) in [5.74, 6) is 1.02. The van der Waals surface area contributed by atoms with Gasteiger partial charge in [0.2, 0.25) is 0 Å². The number of hydrogen-bond acceptors (Lipinski definition) is 4. The van der Waals surface area contributed by atoms with Crippen LogP contribution < -0.4 is 10.2 Å². The molecule has 1 saturated heterocycles. The van der Waals surface area contributed by atoms with Gasteiger partial charge in [0.15, 0.2) is 0 Å². The molecule has 5 rings (SSSR count). The summed E-state index contributed by atoms with van der Waals surface area (Å²) in [6, 6.07) is 8.85. The van der Waals surface area contributed by atoms with Crippen molar-refractivity contribution >= 4 is 23.1 Å². The Morgan fingerprint density at radius 3 is 2.76 bits per heavy atom. The van der Waals surface area contributed by atoms with Crippen LogP contribution in [-0.4, -0.2) is 29.6 Å². The second-order valence-corrected chi connectivity index (χ2v) is 8.68. The molecule has 0 bridgehead atoms. The number of piperidine rings is 1. The van der Waals surface area contributed by atoms with E-state index in [-0.39, 0.29) is 10.3 Å². The fourth-order valence-electron chi connectivity index (χ4n) is 4.97. The highest BCUT2D eigenvalue weighted by molar-refractivity contribution is 6.24. The van der Waals surface area contributed by atoms with Crippen LogP contribution in [0.4, 0.5) is 11.5 Å². The number of benzene rings is 1. The number of halogens is 1. The molecule has 2 aromatic rings. The fourth-order valence-corrected chi connectivity index (χ4v) is 5.26. The fraction of sp³-hybridized carbons (Fsp3) is 0.500. The second-order valence-electron chi connectivity index (χ2n) is 7.85. The summed E-state index contributed by atoms with van der Waals surface area (Å²) in [6.45, 7) is 5.26. The number of fused-ring (bicyclic) bond motifs is 3. The van der Waals surface area contributed by atoms with Crippen LogP contribution in [0.3, 0.4) is 0 Å². The minimum atomic E-state index is -0.370. The molecule has 3 aliphatic rings. The monoisotopic (exact) mass is 354 g/mol. The third kappa shape index (κ3) is 2.24. The lowest BCUT2D eigenvalue weighted by Gasteiger charge is -2.35. The molecule has 1 spiro atoms. The van der Waals surface area contributed by atoms with Crippen molar-refractivity contribution in [3.63, 3.8) is 0 Å². The van der Waals surface area contributed by atoms with Crippen molar-refractivity contribution in [2.75, 3.05) is 24.5 Å². The van der Waals surface area contributed by atoms with Gasteiger partial charge >= 0.3 is 0 Å². The van der Waals surface area contributed by atoms with Gasteiger partial charge in [-0.3, -0.25) is 0 Å². The lowest BCUT2D eigenvalue weighted by molar-refractivity contribution is 0.329. The van der Waals surface area contributed by atoms with Gasteiger partial charge in [-0.15, -0.1) is 11.6 Å². The zero-order chi connectivity index (χ0) is 17.1. The standard InChI is InChI=1S/C20H23ClN4/c1-19(21)7-6-15-17(19)18(24-13-23-15)25-12-20(8-10-22-11-9-20)14-4-2-3-5-16(14)25/h2-5,13,22H,6-12H2,1H3. The smallest absolute Gasteiger partial charge is 0.141 e. The van der Waals surface area contributed by atoms with Gasteiger partial charge in [0, 0.05) is 23.2 Å². The quantitative estimate of drug-likeness (QED) is 0.794. The van der Waals surface area contributed by atoms with Crippen LogP contribution in [0.2, 0.25) is 0 Å². The van der Waals surface area contributed by atoms with E-state index in [1.807, 2.05) is 0 Å². The van der Waals surface area contributed by atoms with Crippen LogP contribution in [0.25, 0.3) is 0 Å². The highest BCUT2D eigenvalue weighted by Crippen LogP contribution is 2.52. The molecule has 25 heavy (non-hydrogen) atoms. The van der Waals surface area contributed by atoms with E-state index in [0.717, 1.165) is 49.6 Å². The highest BCUT2D eigenvalue weighted by Gasteiger charge is 2.46. The first-order valence-electron chi connectivity index (χ1n) is 9.22. The van der Waals surface area contributed by atoms with E-state index >= 15 is 0 Å². The summed E-state index contributed by atoms with van der Waals surface area (Å²) in [5, 5.41) is 3.51. The van der Waals surface area contributed by atoms with Crippen LogP contribution in [0, 0.1) is 0 Å². The molecule has 5 heteroatoms. The number of anilines is 2. The number of hydrogen-bond donors (Lipinski definition) is 1. The molecule has 1 N–H and O–H groups in total. The number of para-hydroxylation sites is 1. The molecule has 1 fully saturated rings. The second kappa shape index (κ2) is 5.42. The molecule has 1 aliphatic carbocycles. The third-order valence-corrected chi connectivity index (χ3v) is 6.68. The number of nitrogens with zero attached hydrogens (tertiary/aromatic N) is 3.